The van der Waals surface area contributed by atoms with Crippen LogP contribution in [-0.4, -0.2) is 29.9 Å². The molecule has 1 atom stereocenters. The minimum Gasteiger partial charge on any atom is -0.341 e. The zero-order valence-corrected chi connectivity index (χ0v) is 10.0. The zero-order chi connectivity index (χ0) is 11.3. The SMILES string of the molecule is CCCC(N)C(=O)N(C)C1CCCCC1. The summed E-state index contributed by atoms with van der Waals surface area (Å²) in [6, 6.07) is 0.149. The summed E-state index contributed by atoms with van der Waals surface area (Å²) in [7, 11) is 1.91. The number of hydrogen-bond donors (Lipinski definition) is 1. The second-order valence-electron chi connectivity index (χ2n) is 4.64. The fraction of sp³-hybridized carbons (Fsp3) is 0.917. The molecule has 0 bridgehead atoms. The van der Waals surface area contributed by atoms with Gasteiger partial charge < -0.3 is 10.6 Å². The van der Waals surface area contributed by atoms with Crippen LogP contribution in [-0.2, 0) is 4.79 Å². The molecule has 0 radical (unpaired) electrons. The van der Waals surface area contributed by atoms with Gasteiger partial charge in [-0.05, 0) is 19.3 Å². The van der Waals surface area contributed by atoms with Crippen molar-refractivity contribution < 1.29 is 4.79 Å². The highest BCUT2D eigenvalue weighted by Gasteiger charge is 2.25. The highest BCUT2D eigenvalue weighted by atomic mass is 16.2. The smallest absolute Gasteiger partial charge is 0.239 e. The number of amides is 1. The quantitative estimate of drug-likeness (QED) is 0.773. The maximum absolute atomic E-state index is 11.9. The molecule has 3 heteroatoms. The van der Waals surface area contributed by atoms with E-state index in [2.05, 4.69) is 6.92 Å². The summed E-state index contributed by atoms with van der Waals surface area (Å²) in [6.45, 7) is 2.06. The molecular formula is C12H24N2O. The third kappa shape index (κ3) is 3.49. The van der Waals surface area contributed by atoms with Gasteiger partial charge in [0.1, 0.15) is 0 Å². The van der Waals surface area contributed by atoms with Crippen molar-refractivity contribution in [3.05, 3.63) is 0 Å². The summed E-state index contributed by atoms with van der Waals surface area (Å²) in [6.07, 6.45) is 7.92. The lowest BCUT2D eigenvalue weighted by Crippen LogP contribution is -2.47. The summed E-state index contributed by atoms with van der Waals surface area (Å²) in [4.78, 5) is 13.8. The van der Waals surface area contributed by atoms with E-state index in [1.807, 2.05) is 11.9 Å². The number of likely N-dealkylation sites (N-methyl/N-ethyl adjacent to an activating group) is 1. The van der Waals surface area contributed by atoms with Crippen molar-refractivity contribution in [3.8, 4) is 0 Å². The molecule has 1 unspecified atom stereocenters. The predicted octanol–water partition coefficient (Wildman–Crippen LogP) is 1.90. The van der Waals surface area contributed by atoms with Gasteiger partial charge in [0.2, 0.25) is 5.91 Å². The van der Waals surface area contributed by atoms with Gasteiger partial charge in [-0.1, -0.05) is 32.6 Å². The standard InChI is InChI=1S/C12H24N2O/c1-3-7-11(13)12(15)14(2)10-8-5-4-6-9-10/h10-11H,3-9,13H2,1-2H3. The van der Waals surface area contributed by atoms with Gasteiger partial charge in [0.25, 0.3) is 0 Å². The number of carbonyl (C=O) groups is 1. The molecule has 1 aliphatic rings. The number of nitrogens with two attached hydrogens (primary N) is 1. The Morgan fingerprint density at radius 3 is 2.53 bits per heavy atom. The lowest BCUT2D eigenvalue weighted by atomic mass is 9.94. The molecule has 3 nitrogen and oxygen atoms in total. The van der Waals surface area contributed by atoms with Gasteiger partial charge in [0.15, 0.2) is 0 Å². The van der Waals surface area contributed by atoms with Crippen LogP contribution in [0.2, 0.25) is 0 Å². The van der Waals surface area contributed by atoms with Gasteiger partial charge in [0, 0.05) is 13.1 Å². The fourth-order valence-electron chi connectivity index (χ4n) is 2.34. The van der Waals surface area contributed by atoms with Crippen molar-refractivity contribution >= 4 is 5.91 Å². The second-order valence-corrected chi connectivity index (χ2v) is 4.64. The molecule has 1 fully saturated rings. The lowest BCUT2D eigenvalue weighted by Gasteiger charge is -2.32. The molecule has 0 aliphatic heterocycles. The summed E-state index contributed by atoms with van der Waals surface area (Å²) in [5.74, 6) is 0.128. The molecule has 1 rings (SSSR count). The van der Waals surface area contributed by atoms with Crippen LogP contribution < -0.4 is 5.73 Å². The maximum atomic E-state index is 11.9. The van der Waals surface area contributed by atoms with E-state index in [0.29, 0.717) is 6.04 Å². The number of carbonyl (C=O) groups excluding carboxylic acids is 1. The Labute approximate surface area is 93.0 Å². The average Bonchev–Trinajstić information content (AvgIpc) is 2.28. The Balaban J connectivity index is 2.43. The minimum atomic E-state index is -0.290. The first kappa shape index (κ1) is 12.5. The zero-order valence-electron chi connectivity index (χ0n) is 10.0. The molecule has 0 aromatic rings. The fourth-order valence-corrected chi connectivity index (χ4v) is 2.34. The molecule has 0 spiro atoms. The van der Waals surface area contributed by atoms with Crippen molar-refractivity contribution in [3.63, 3.8) is 0 Å². The van der Waals surface area contributed by atoms with E-state index < -0.39 is 0 Å². The Bertz CT molecular complexity index is 200. The van der Waals surface area contributed by atoms with Crippen molar-refractivity contribution in [2.45, 2.75) is 64.0 Å². The summed E-state index contributed by atoms with van der Waals surface area (Å²) in [5.41, 5.74) is 5.84. The van der Waals surface area contributed by atoms with Gasteiger partial charge >= 0.3 is 0 Å². The van der Waals surface area contributed by atoms with Crippen molar-refractivity contribution in [2.75, 3.05) is 7.05 Å². The summed E-state index contributed by atoms with van der Waals surface area (Å²) >= 11 is 0. The van der Waals surface area contributed by atoms with E-state index in [1.165, 1.54) is 19.3 Å². The number of nitrogens with zero attached hydrogens (tertiary/aromatic N) is 1. The van der Waals surface area contributed by atoms with Crippen LogP contribution in [0.4, 0.5) is 0 Å². The molecule has 88 valence electrons. The van der Waals surface area contributed by atoms with E-state index in [0.717, 1.165) is 25.7 Å². The second kappa shape index (κ2) is 6.11. The Kier molecular flexibility index (Phi) is 5.09. The first-order valence-corrected chi connectivity index (χ1v) is 6.19. The number of rotatable bonds is 4. The van der Waals surface area contributed by atoms with Gasteiger partial charge in [0.05, 0.1) is 6.04 Å². The molecule has 0 aromatic heterocycles. The first-order valence-electron chi connectivity index (χ1n) is 6.19. The molecular weight excluding hydrogens is 188 g/mol. The van der Waals surface area contributed by atoms with Crippen LogP contribution in [0.3, 0.4) is 0 Å². The van der Waals surface area contributed by atoms with Crippen LogP contribution in [0.25, 0.3) is 0 Å². The van der Waals surface area contributed by atoms with Crippen molar-refractivity contribution in [1.82, 2.24) is 4.90 Å². The highest BCUT2D eigenvalue weighted by molar-refractivity contribution is 5.81. The summed E-state index contributed by atoms with van der Waals surface area (Å²) in [5, 5.41) is 0. The third-order valence-electron chi connectivity index (χ3n) is 3.39. The molecule has 0 aromatic carbocycles. The van der Waals surface area contributed by atoms with Crippen LogP contribution in [0.15, 0.2) is 0 Å². The van der Waals surface area contributed by atoms with E-state index in [-0.39, 0.29) is 11.9 Å². The van der Waals surface area contributed by atoms with Crippen LogP contribution in [0.1, 0.15) is 51.9 Å². The molecule has 2 N–H and O–H groups in total. The van der Waals surface area contributed by atoms with E-state index in [4.69, 9.17) is 5.73 Å². The third-order valence-corrected chi connectivity index (χ3v) is 3.39. The van der Waals surface area contributed by atoms with Gasteiger partial charge in [-0.3, -0.25) is 4.79 Å². The van der Waals surface area contributed by atoms with Gasteiger partial charge in [-0.15, -0.1) is 0 Å². The van der Waals surface area contributed by atoms with E-state index in [1.54, 1.807) is 0 Å². The Morgan fingerprint density at radius 2 is 2.00 bits per heavy atom. The molecule has 15 heavy (non-hydrogen) atoms. The lowest BCUT2D eigenvalue weighted by molar-refractivity contribution is -0.134. The molecule has 1 amide bonds. The topological polar surface area (TPSA) is 46.3 Å². The average molecular weight is 212 g/mol. The molecule has 1 aliphatic carbocycles. The normalized spacial score (nSPS) is 19.9. The van der Waals surface area contributed by atoms with Gasteiger partial charge in [-0.2, -0.15) is 0 Å². The molecule has 0 heterocycles. The van der Waals surface area contributed by atoms with Crippen LogP contribution in [0, 0.1) is 0 Å². The predicted molar refractivity (Wildman–Crippen MR) is 62.5 cm³/mol. The van der Waals surface area contributed by atoms with Crippen LogP contribution >= 0.6 is 0 Å². The van der Waals surface area contributed by atoms with Crippen molar-refractivity contribution in [1.29, 1.82) is 0 Å². The molecule has 0 saturated heterocycles. The maximum Gasteiger partial charge on any atom is 0.239 e. The highest BCUT2D eigenvalue weighted by Crippen LogP contribution is 2.22. The summed E-state index contributed by atoms with van der Waals surface area (Å²) < 4.78 is 0. The molecule has 1 saturated carbocycles. The first-order chi connectivity index (χ1) is 7.16. The van der Waals surface area contributed by atoms with E-state index in [9.17, 15) is 4.79 Å². The van der Waals surface area contributed by atoms with Crippen LogP contribution in [0.5, 0.6) is 0 Å². The van der Waals surface area contributed by atoms with Crippen molar-refractivity contribution in [2.24, 2.45) is 5.73 Å². The monoisotopic (exact) mass is 212 g/mol. The minimum absolute atomic E-state index is 0.128. The largest absolute Gasteiger partial charge is 0.341 e. The van der Waals surface area contributed by atoms with Gasteiger partial charge in [-0.25, -0.2) is 0 Å². The number of hydrogen-bond acceptors (Lipinski definition) is 2. The van der Waals surface area contributed by atoms with E-state index >= 15 is 0 Å². The Hall–Kier alpha value is -0.570. The Morgan fingerprint density at radius 1 is 1.40 bits per heavy atom.